The van der Waals surface area contributed by atoms with Crippen molar-refractivity contribution >= 4 is 5.78 Å². The first-order chi connectivity index (χ1) is 16.6. The number of ketones is 1. The van der Waals surface area contributed by atoms with Crippen LogP contribution in [0.2, 0.25) is 0 Å². The van der Waals surface area contributed by atoms with Crippen molar-refractivity contribution in [3.05, 3.63) is 47.6 Å². The van der Waals surface area contributed by atoms with Gasteiger partial charge in [-0.05, 0) is 92.1 Å². The van der Waals surface area contributed by atoms with Crippen molar-refractivity contribution in [2.24, 2.45) is 28.6 Å². The van der Waals surface area contributed by atoms with Gasteiger partial charge >= 0.3 is 0 Å². The third kappa shape index (κ3) is 5.17. The van der Waals surface area contributed by atoms with E-state index in [9.17, 15) is 20.1 Å². The molecule has 0 amide bonds. The largest absolute Gasteiger partial charge is 0.393 e. The van der Waals surface area contributed by atoms with E-state index in [0.717, 1.165) is 36.8 Å². The molecule has 0 bridgehead atoms. The Bertz CT molecular complexity index is 907. The smallest absolute Gasteiger partial charge is 0.141 e. The van der Waals surface area contributed by atoms with E-state index in [1.165, 1.54) is 31.3 Å². The first-order valence-electron chi connectivity index (χ1n) is 14.0. The number of carbonyl (C=O) groups excluding carboxylic acids is 1. The number of Topliss-reactive ketones (excluding diaryl/α,β-unsaturated/α-hetero) is 1. The molecule has 0 unspecified atom stereocenters. The summed E-state index contributed by atoms with van der Waals surface area (Å²) in [4.78, 5) is 12.5. The lowest BCUT2D eigenvalue weighted by Gasteiger charge is -2.44. The Morgan fingerprint density at radius 3 is 2.60 bits per heavy atom. The number of aliphatic hydroxyl groups is 3. The third-order valence-electron chi connectivity index (χ3n) is 9.92. The van der Waals surface area contributed by atoms with E-state index in [0.29, 0.717) is 37.0 Å². The van der Waals surface area contributed by atoms with Crippen LogP contribution >= 0.6 is 0 Å². The van der Waals surface area contributed by atoms with Crippen LogP contribution in [0.15, 0.2) is 47.6 Å². The molecule has 3 N–H and O–H groups in total. The van der Waals surface area contributed by atoms with Gasteiger partial charge in [0, 0.05) is 12.8 Å². The SMILES string of the molecule is C=C1/C(=C\C=C2/CCC[C@]3(C)[C@@H]([C@H](C)/C=C/[C@@H](O)C4(C(=O)CCC)CC4)CC[C@@H]23)C[C@@H](O)C[C@@H]1O. The summed E-state index contributed by atoms with van der Waals surface area (Å²) < 4.78 is 0. The summed E-state index contributed by atoms with van der Waals surface area (Å²) >= 11 is 0. The van der Waals surface area contributed by atoms with E-state index in [4.69, 9.17) is 0 Å². The molecule has 4 nitrogen and oxygen atoms in total. The summed E-state index contributed by atoms with van der Waals surface area (Å²) in [7, 11) is 0. The summed E-state index contributed by atoms with van der Waals surface area (Å²) in [5.41, 5.74) is 2.94. The Morgan fingerprint density at radius 2 is 1.91 bits per heavy atom. The van der Waals surface area contributed by atoms with E-state index in [-0.39, 0.29) is 11.2 Å². The summed E-state index contributed by atoms with van der Waals surface area (Å²) in [6.45, 7) is 10.8. The maximum absolute atomic E-state index is 12.5. The second-order valence-corrected chi connectivity index (χ2v) is 12.2. The van der Waals surface area contributed by atoms with Crippen molar-refractivity contribution in [2.45, 2.75) is 110 Å². The van der Waals surface area contributed by atoms with Gasteiger partial charge in [0.05, 0.1) is 23.7 Å². The minimum atomic E-state index is -0.656. The molecular weight excluding hydrogens is 436 g/mol. The molecule has 0 radical (unpaired) electrons. The van der Waals surface area contributed by atoms with Crippen molar-refractivity contribution in [2.75, 3.05) is 0 Å². The summed E-state index contributed by atoms with van der Waals surface area (Å²) in [5.74, 6) is 1.70. The minimum absolute atomic E-state index is 0.231. The van der Waals surface area contributed by atoms with Crippen LogP contribution in [0, 0.1) is 28.6 Å². The predicted molar refractivity (Wildman–Crippen MR) is 141 cm³/mol. The lowest BCUT2D eigenvalue weighted by molar-refractivity contribution is -0.127. The third-order valence-corrected chi connectivity index (χ3v) is 9.92. The molecular formula is C31H46O4. The maximum atomic E-state index is 12.5. The van der Waals surface area contributed by atoms with Crippen LogP contribution < -0.4 is 0 Å². The minimum Gasteiger partial charge on any atom is -0.393 e. The molecule has 4 aliphatic rings. The standard InChI is InChI=1S/C31H46O4/c1-5-7-28(34)31(16-17-31)29(35)14-9-20(2)25-12-13-26-22(8-6-15-30(25,26)4)10-11-23-18-24(32)19-27(33)21(23)3/h9-11,14,20,24-27,29,32-33,35H,3,5-8,12-13,15-19H2,1-2,4H3/b14-9+,22-10+,23-11-/t20-,24-,25-,26+,27+,29-,30-/m1/s1. The zero-order chi connectivity index (χ0) is 25.4. The molecule has 0 heterocycles. The van der Waals surface area contributed by atoms with E-state index in [1.807, 2.05) is 13.0 Å². The lowest BCUT2D eigenvalue weighted by atomic mass is 9.61. The number of allylic oxidation sites excluding steroid dienone is 4. The molecule has 0 aliphatic heterocycles. The van der Waals surface area contributed by atoms with E-state index < -0.39 is 23.7 Å². The van der Waals surface area contributed by atoms with Crippen LogP contribution in [0.1, 0.15) is 91.4 Å². The summed E-state index contributed by atoms with van der Waals surface area (Å²) in [6, 6.07) is 0. The number of carbonyl (C=O) groups is 1. The van der Waals surface area contributed by atoms with E-state index >= 15 is 0 Å². The highest BCUT2D eigenvalue weighted by Crippen LogP contribution is 2.59. The van der Waals surface area contributed by atoms with Gasteiger partial charge in [0.2, 0.25) is 0 Å². The van der Waals surface area contributed by atoms with Gasteiger partial charge < -0.3 is 15.3 Å². The van der Waals surface area contributed by atoms with Crippen molar-refractivity contribution in [1.82, 2.24) is 0 Å². The van der Waals surface area contributed by atoms with Crippen molar-refractivity contribution < 1.29 is 20.1 Å². The Kier molecular flexibility index (Phi) is 7.95. The Morgan fingerprint density at radius 1 is 1.17 bits per heavy atom. The van der Waals surface area contributed by atoms with Gasteiger partial charge in [0.15, 0.2) is 0 Å². The molecule has 4 heteroatoms. The van der Waals surface area contributed by atoms with Gasteiger partial charge in [-0.3, -0.25) is 4.79 Å². The van der Waals surface area contributed by atoms with Crippen molar-refractivity contribution in [1.29, 1.82) is 0 Å². The summed E-state index contributed by atoms with van der Waals surface area (Å²) in [5, 5.41) is 31.1. The van der Waals surface area contributed by atoms with Crippen molar-refractivity contribution in [3.63, 3.8) is 0 Å². The number of aliphatic hydroxyl groups excluding tert-OH is 3. The van der Waals surface area contributed by atoms with Gasteiger partial charge in [0.1, 0.15) is 5.78 Å². The molecule has 0 saturated heterocycles. The van der Waals surface area contributed by atoms with E-state index in [1.54, 1.807) is 0 Å². The monoisotopic (exact) mass is 482 g/mol. The molecule has 0 aromatic carbocycles. The summed E-state index contributed by atoms with van der Waals surface area (Å²) in [6.07, 6.45) is 16.6. The van der Waals surface area contributed by atoms with Crippen LogP contribution in [0.3, 0.4) is 0 Å². The number of rotatable bonds is 8. The van der Waals surface area contributed by atoms with Gasteiger partial charge in [-0.2, -0.15) is 0 Å². The first kappa shape index (κ1) is 26.6. The topological polar surface area (TPSA) is 77.8 Å². The highest BCUT2D eigenvalue weighted by molar-refractivity contribution is 5.88. The highest BCUT2D eigenvalue weighted by Gasteiger charge is 2.54. The Hall–Kier alpha value is -1.49. The number of hydrogen-bond donors (Lipinski definition) is 3. The molecule has 0 aromatic rings. The molecule has 0 aromatic heterocycles. The second kappa shape index (κ2) is 10.5. The molecule has 194 valence electrons. The van der Waals surface area contributed by atoms with Crippen LogP contribution in [-0.4, -0.2) is 39.4 Å². The molecule has 4 fully saturated rings. The van der Waals surface area contributed by atoms with Crippen LogP contribution in [0.25, 0.3) is 0 Å². The molecule has 4 saturated carbocycles. The molecule has 4 rings (SSSR count). The van der Waals surface area contributed by atoms with Gasteiger partial charge in [-0.15, -0.1) is 0 Å². The average Bonchev–Trinajstić information content (AvgIpc) is 3.55. The molecule has 0 spiro atoms. The van der Waals surface area contributed by atoms with Gasteiger partial charge in [-0.25, -0.2) is 0 Å². The van der Waals surface area contributed by atoms with Crippen LogP contribution in [0.5, 0.6) is 0 Å². The first-order valence-corrected chi connectivity index (χ1v) is 14.0. The van der Waals surface area contributed by atoms with Gasteiger partial charge in [0.25, 0.3) is 0 Å². The van der Waals surface area contributed by atoms with Crippen LogP contribution in [-0.2, 0) is 4.79 Å². The van der Waals surface area contributed by atoms with Crippen molar-refractivity contribution in [3.8, 4) is 0 Å². The Balaban J connectivity index is 1.45. The second-order valence-electron chi connectivity index (χ2n) is 12.2. The molecule has 7 atom stereocenters. The van der Waals surface area contributed by atoms with Gasteiger partial charge in [-0.1, -0.05) is 57.2 Å². The normalized spacial score (nSPS) is 38.6. The highest BCUT2D eigenvalue weighted by atomic mass is 16.3. The zero-order valence-electron chi connectivity index (χ0n) is 22.0. The molecule has 4 aliphatic carbocycles. The molecule has 35 heavy (non-hydrogen) atoms. The average molecular weight is 483 g/mol. The van der Waals surface area contributed by atoms with E-state index in [2.05, 4.69) is 38.7 Å². The zero-order valence-corrected chi connectivity index (χ0v) is 22.0. The fourth-order valence-corrected chi connectivity index (χ4v) is 7.56. The van der Waals surface area contributed by atoms with Crippen LogP contribution in [0.4, 0.5) is 0 Å². The number of hydrogen-bond acceptors (Lipinski definition) is 4. The number of fused-ring (bicyclic) bond motifs is 1. The fraction of sp³-hybridized carbons (Fsp3) is 0.710. The lowest BCUT2D eigenvalue weighted by Crippen LogP contribution is -2.35. The Labute approximate surface area is 211 Å². The fourth-order valence-electron chi connectivity index (χ4n) is 7.56. The quantitative estimate of drug-likeness (QED) is 0.380. The maximum Gasteiger partial charge on any atom is 0.141 e. The predicted octanol–water partition coefficient (Wildman–Crippen LogP) is 5.83.